The Morgan fingerprint density at radius 2 is 0.557 bits per heavy atom. The van der Waals surface area contributed by atoms with Crippen molar-refractivity contribution in [2.45, 2.75) is 380 Å². The first kappa shape index (κ1) is 94.0. The SMILES string of the molecule is CCCCCC/C=C\C=C/CCCCCCCC(=O)OC[C@H](COP(=O)(O)OC[C@@H](O)COP(=O)(O)OC[C@@H](COC(=O)CCCCCCCCCCCCCCC)OC(=O)CCCCCCCCCCCCCC(C)C)OC(=O)CCCCCCC/C=C\C=C/CCCCCC. The normalized spacial score (nSPS) is 14.2. The van der Waals surface area contributed by atoms with Gasteiger partial charge in [0, 0.05) is 25.7 Å². The van der Waals surface area contributed by atoms with Crippen molar-refractivity contribution in [2.24, 2.45) is 5.92 Å². The fraction of sp³-hybridized carbons (Fsp3) is 0.846. The van der Waals surface area contributed by atoms with Crippen molar-refractivity contribution >= 4 is 39.5 Å². The number of unbranched alkanes of at least 4 members (excludes halogenated alkanes) is 40. The fourth-order valence-electron chi connectivity index (χ4n) is 11.0. The molecule has 0 heterocycles. The third-order valence-corrected chi connectivity index (χ3v) is 18.9. The summed E-state index contributed by atoms with van der Waals surface area (Å²) in [6.45, 7) is 7.17. The Balaban J connectivity index is 5.34. The summed E-state index contributed by atoms with van der Waals surface area (Å²) in [5.74, 6) is -1.41. The lowest BCUT2D eigenvalue weighted by Gasteiger charge is -2.21. The standard InChI is InChI=1S/C78H144O17P2/c1-6-9-12-15-18-21-24-27-29-32-37-42-47-52-57-62-76(81)89-67-73(94-77(82)63-58-53-48-43-38-33-30-28-25-22-19-16-13-10-7-2)69-92-96(84,85)90-65-72(79)66-91-97(86,87)93-70-74(68-88-75(80)61-56-51-46-41-36-31-26-23-20-17-14-11-8-3)95-78(83)64-59-54-49-44-39-34-35-40-45-50-55-60-71(4)5/h21-22,24-25,27-30,71-74,79H,6-20,23,26,31-70H2,1-5H3,(H,84,85)(H,86,87)/b24-21-,25-22-,29-27-,30-28-/t72-,73-,74-/m1/s1. The summed E-state index contributed by atoms with van der Waals surface area (Å²) in [4.78, 5) is 72.9. The molecule has 0 aliphatic carbocycles. The highest BCUT2D eigenvalue weighted by atomic mass is 31.2. The second-order valence-electron chi connectivity index (χ2n) is 27.2. The van der Waals surface area contributed by atoms with Gasteiger partial charge < -0.3 is 33.8 Å². The molecule has 0 aliphatic rings. The molecule has 5 atom stereocenters. The van der Waals surface area contributed by atoms with Crippen LogP contribution in [0.3, 0.4) is 0 Å². The van der Waals surface area contributed by atoms with Gasteiger partial charge in [-0.1, -0.05) is 308 Å². The molecule has 19 heteroatoms. The third-order valence-electron chi connectivity index (χ3n) is 17.0. The highest BCUT2D eigenvalue weighted by Crippen LogP contribution is 2.45. The molecule has 17 nitrogen and oxygen atoms in total. The van der Waals surface area contributed by atoms with Crippen LogP contribution < -0.4 is 0 Å². The second-order valence-corrected chi connectivity index (χ2v) is 30.1. The molecule has 3 N–H and O–H groups in total. The van der Waals surface area contributed by atoms with Gasteiger partial charge in [-0.15, -0.1) is 0 Å². The van der Waals surface area contributed by atoms with Gasteiger partial charge in [-0.3, -0.25) is 37.3 Å². The maximum absolute atomic E-state index is 13.1. The molecule has 0 saturated carbocycles. The first-order valence-electron chi connectivity index (χ1n) is 39.3. The molecule has 0 aromatic rings. The van der Waals surface area contributed by atoms with E-state index < -0.39 is 97.5 Å². The molecular formula is C78H144O17P2. The lowest BCUT2D eigenvalue weighted by molar-refractivity contribution is -0.161. The molecule has 0 saturated heterocycles. The molecule has 2 unspecified atom stereocenters. The number of carbonyl (C=O) groups excluding carboxylic acids is 4. The zero-order valence-electron chi connectivity index (χ0n) is 62.2. The molecule has 568 valence electrons. The summed E-state index contributed by atoms with van der Waals surface area (Å²) in [7, 11) is -9.94. The number of rotatable bonds is 74. The van der Waals surface area contributed by atoms with E-state index in [1.54, 1.807) is 0 Å². The van der Waals surface area contributed by atoms with Crippen molar-refractivity contribution in [2.75, 3.05) is 39.6 Å². The van der Waals surface area contributed by atoms with Crippen LogP contribution in [0.1, 0.15) is 362 Å². The van der Waals surface area contributed by atoms with Crippen molar-refractivity contribution in [3.8, 4) is 0 Å². The number of esters is 4. The fourth-order valence-corrected chi connectivity index (χ4v) is 12.6. The Hall–Kier alpha value is -2.98. The van der Waals surface area contributed by atoms with Crippen molar-refractivity contribution in [3.63, 3.8) is 0 Å². The molecule has 0 aliphatic heterocycles. The van der Waals surface area contributed by atoms with Gasteiger partial charge in [0.1, 0.15) is 19.3 Å². The Kier molecular flexibility index (Phi) is 67.9. The average molecular weight is 1420 g/mol. The van der Waals surface area contributed by atoms with Gasteiger partial charge in [0.15, 0.2) is 12.2 Å². The summed E-state index contributed by atoms with van der Waals surface area (Å²) in [5, 5.41) is 10.6. The molecule has 0 amide bonds. The Bertz CT molecular complexity index is 2050. The van der Waals surface area contributed by atoms with E-state index >= 15 is 0 Å². The van der Waals surface area contributed by atoms with Gasteiger partial charge in [-0.2, -0.15) is 0 Å². The molecule has 0 aromatic heterocycles. The van der Waals surface area contributed by atoms with E-state index in [1.165, 1.54) is 154 Å². The maximum atomic E-state index is 13.1. The minimum Gasteiger partial charge on any atom is -0.462 e. The van der Waals surface area contributed by atoms with Crippen LogP contribution >= 0.6 is 15.6 Å². The van der Waals surface area contributed by atoms with Crippen LogP contribution in [-0.2, 0) is 65.4 Å². The number of aliphatic hydroxyl groups excluding tert-OH is 1. The number of ether oxygens (including phenoxy) is 4. The van der Waals surface area contributed by atoms with Crippen LogP contribution in [-0.4, -0.2) is 96.7 Å². The largest absolute Gasteiger partial charge is 0.472 e. The van der Waals surface area contributed by atoms with Gasteiger partial charge in [-0.25, -0.2) is 9.13 Å². The summed E-state index contributed by atoms with van der Waals surface area (Å²) >= 11 is 0. The molecule has 97 heavy (non-hydrogen) atoms. The highest BCUT2D eigenvalue weighted by Gasteiger charge is 2.30. The maximum Gasteiger partial charge on any atom is 0.472 e. The molecular weight excluding hydrogens is 1270 g/mol. The molecule has 0 fully saturated rings. The Morgan fingerprint density at radius 1 is 0.320 bits per heavy atom. The first-order chi connectivity index (χ1) is 47.0. The number of carbonyl (C=O) groups is 4. The number of hydrogen-bond donors (Lipinski definition) is 3. The van der Waals surface area contributed by atoms with E-state index in [9.17, 15) is 43.2 Å². The lowest BCUT2D eigenvalue weighted by atomic mass is 10.0. The molecule has 0 aromatic carbocycles. The summed E-state index contributed by atoms with van der Waals surface area (Å²) in [6, 6.07) is 0. The Labute approximate surface area is 591 Å². The van der Waals surface area contributed by atoms with Gasteiger partial charge in [-0.05, 0) is 83.0 Å². The molecule has 0 radical (unpaired) electrons. The van der Waals surface area contributed by atoms with Crippen LogP contribution in [0.25, 0.3) is 0 Å². The molecule has 0 rings (SSSR count). The lowest BCUT2D eigenvalue weighted by Crippen LogP contribution is -2.30. The topological polar surface area (TPSA) is 237 Å². The van der Waals surface area contributed by atoms with Gasteiger partial charge >= 0.3 is 39.5 Å². The number of allylic oxidation sites excluding steroid dienone is 8. The number of hydrogen-bond acceptors (Lipinski definition) is 15. The number of phosphoric ester groups is 2. The van der Waals surface area contributed by atoms with Crippen molar-refractivity contribution < 1.29 is 80.2 Å². The smallest absolute Gasteiger partial charge is 0.462 e. The van der Waals surface area contributed by atoms with Crippen LogP contribution in [0.15, 0.2) is 48.6 Å². The predicted octanol–water partition coefficient (Wildman–Crippen LogP) is 22.4. The van der Waals surface area contributed by atoms with E-state index in [4.69, 9.17) is 37.0 Å². The van der Waals surface area contributed by atoms with Crippen LogP contribution in [0, 0.1) is 5.92 Å². The summed E-state index contributed by atoms with van der Waals surface area (Å²) in [6.07, 6.45) is 65.3. The number of phosphoric acid groups is 2. The molecule has 0 spiro atoms. The van der Waals surface area contributed by atoms with Crippen LogP contribution in [0.4, 0.5) is 0 Å². The van der Waals surface area contributed by atoms with E-state index in [0.29, 0.717) is 25.7 Å². The van der Waals surface area contributed by atoms with Crippen molar-refractivity contribution in [1.29, 1.82) is 0 Å². The second kappa shape index (κ2) is 70.1. The van der Waals surface area contributed by atoms with E-state index in [-0.39, 0.29) is 25.7 Å². The monoisotopic (exact) mass is 1410 g/mol. The average Bonchev–Trinajstić information content (AvgIpc) is 1.37. The van der Waals surface area contributed by atoms with E-state index in [0.717, 1.165) is 128 Å². The van der Waals surface area contributed by atoms with E-state index in [2.05, 4.69) is 83.2 Å². The minimum absolute atomic E-state index is 0.0784. The molecule has 0 bridgehead atoms. The van der Waals surface area contributed by atoms with Gasteiger partial charge in [0.25, 0.3) is 0 Å². The summed E-state index contributed by atoms with van der Waals surface area (Å²) in [5.41, 5.74) is 0. The van der Waals surface area contributed by atoms with Crippen LogP contribution in [0.2, 0.25) is 0 Å². The quantitative estimate of drug-likeness (QED) is 0.0169. The zero-order valence-corrected chi connectivity index (χ0v) is 64.0. The predicted molar refractivity (Wildman–Crippen MR) is 395 cm³/mol. The van der Waals surface area contributed by atoms with Crippen molar-refractivity contribution in [1.82, 2.24) is 0 Å². The third kappa shape index (κ3) is 71.2. The minimum atomic E-state index is -4.97. The zero-order chi connectivity index (χ0) is 71.2. The van der Waals surface area contributed by atoms with Crippen LogP contribution in [0.5, 0.6) is 0 Å². The number of aliphatic hydroxyl groups is 1. The highest BCUT2D eigenvalue weighted by molar-refractivity contribution is 7.47. The first-order valence-corrected chi connectivity index (χ1v) is 42.3. The van der Waals surface area contributed by atoms with E-state index in [1.807, 2.05) is 0 Å². The Morgan fingerprint density at radius 3 is 0.845 bits per heavy atom. The van der Waals surface area contributed by atoms with Crippen molar-refractivity contribution in [3.05, 3.63) is 48.6 Å². The summed E-state index contributed by atoms with van der Waals surface area (Å²) < 4.78 is 68.5. The van der Waals surface area contributed by atoms with Gasteiger partial charge in [0.05, 0.1) is 26.4 Å². The van der Waals surface area contributed by atoms with Gasteiger partial charge in [0.2, 0.25) is 0 Å².